The van der Waals surface area contributed by atoms with E-state index < -0.39 is 5.60 Å². The molecule has 0 bridgehead atoms. The summed E-state index contributed by atoms with van der Waals surface area (Å²) >= 11 is 0. The Bertz CT molecular complexity index is 246. The van der Waals surface area contributed by atoms with Gasteiger partial charge < -0.3 is 9.84 Å². The molecule has 1 N–H and O–H groups in total. The number of allylic oxidation sites excluding steroid dienone is 1. The van der Waals surface area contributed by atoms with E-state index in [1.54, 1.807) is 6.08 Å². The van der Waals surface area contributed by atoms with Gasteiger partial charge >= 0.3 is 0 Å². The van der Waals surface area contributed by atoms with Gasteiger partial charge in [0.1, 0.15) is 5.60 Å². The van der Waals surface area contributed by atoms with E-state index >= 15 is 0 Å². The second-order valence-corrected chi connectivity index (χ2v) is 3.63. The zero-order valence-electron chi connectivity index (χ0n) is 6.99. The van der Waals surface area contributed by atoms with Gasteiger partial charge in [0, 0.05) is 12.8 Å². The summed E-state index contributed by atoms with van der Waals surface area (Å²) in [5.74, 6) is 0.0405. The number of aliphatic hydroxyl groups is 1. The van der Waals surface area contributed by atoms with Crippen LogP contribution in [0.1, 0.15) is 19.8 Å². The molecule has 0 radical (unpaired) electrons. The second kappa shape index (κ2) is 2.41. The standard InChI is InChI=1S/C9H12O3/c1-6-5-9(11)3-2-7(10)4-8(9)12-6/h2-3,6,8,11H,4-5H2,1H3/t6-,8-,9+/m1/s1. The van der Waals surface area contributed by atoms with E-state index in [2.05, 4.69) is 0 Å². The van der Waals surface area contributed by atoms with Crippen LogP contribution in [0.15, 0.2) is 12.2 Å². The third-order valence-electron chi connectivity index (χ3n) is 2.51. The molecule has 2 aliphatic rings. The normalized spacial score (nSPS) is 46.3. The van der Waals surface area contributed by atoms with E-state index in [1.807, 2.05) is 6.92 Å². The molecule has 0 aromatic heterocycles. The summed E-state index contributed by atoms with van der Waals surface area (Å²) in [5, 5.41) is 9.94. The summed E-state index contributed by atoms with van der Waals surface area (Å²) in [5.41, 5.74) is -0.882. The van der Waals surface area contributed by atoms with Crippen LogP contribution in [0.2, 0.25) is 0 Å². The maximum absolute atomic E-state index is 11.0. The molecule has 1 fully saturated rings. The topological polar surface area (TPSA) is 46.5 Å². The number of ketones is 1. The minimum absolute atomic E-state index is 0.0405. The van der Waals surface area contributed by atoms with Crippen molar-refractivity contribution < 1.29 is 14.6 Å². The molecule has 1 saturated heterocycles. The molecule has 2 rings (SSSR count). The Hall–Kier alpha value is -0.670. The number of carbonyl (C=O) groups excluding carboxylic acids is 1. The van der Waals surface area contributed by atoms with E-state index in [4.69, 9.17) is 4.74 Å². The summed E-state index contributed by atoms with van der Waals surface area (Å²) in [4.78, 5) is 11.0. The molecule has 0 aromatic carbocycles. The molecular formula is C9H12O3. The molecule has 1 aliphatic heterocycles. The van der Waals surface area contributed by atoms with Crippen molar-refractivity contribution in [1.82, 2.24) is 0 Å². The van der Waals surface area contributed by atoms with Gasteiger partial charge in [-0.25, -0.2) is 0 Å². The number of ether oxygens (including phenoxy) is 1. The number of hydrogen-bond donors (Lipinski definition) is 1. The quantitative estimate of drug-likeness (QED) is 0.570. The second-order valence-electron chi connectivity index (χ2n) is 3.63. The van der Waals surface area contributed by atoms with Crippen LogP contribution < -0.4 is 0 Å². The first-order chi connectivity index (χ1) is 5.60. The third-order valence-corrected chi connectivity index (χ3v) is 2.51. The van der Waals surface area contributed by atoms with Crippen LogP contribution in [0, 0.1) is 0 Å². The van der Waals surface area contributed by atoms with Crippen molar-refractivity contribution >= 4 is 5.78 Å². The predicted molar refractivity (Wildman–Crippen MR) is 42.7 cm³/mol. The van der Waals surface area contributed by atoms with Crippen LogP contribution in [0.4, 0.5) is 0 Å². The zero-order valence-corrected chi connectivity index (χ0v) is 6.99. The maximum Gasteiger partial charge on any atom is 0.158 e. The summed E-state index contributed by atoms with van der Waals surface area (Å²) in [6, 6.07) is 0. The van der Waals surface area contributed by atoms with Crippen molar-refractivity contribution in [1.29, 1.82) is 0 Å². The molecule has 3 atom stereocenters. The van der Waals surface area contributed by atoms with Gasteiger partial charge in [-0.3, -0.25) is 4.79 Å². The van der Waals surface area contributed by atoms with Crippen LogP contribution >= 0.6 is 0 Å². The summed E-state index contributed by atoms with van der Waals surface area (Å²) < 4.78 is 5.42. The van der Waals surface area contributed by atoms with Crippen LogP contribution in [0.25, 0.3) is 0 Å². The zero-order chi connectivity index (χ0) is 8.77. The number of fused-ring (bicyclic) bond motifs is 1. The van der Waals surface area contributed by atoms with E-state index in [0.29, 0.717) is 12.8 Å². The lowest BCUT2D eigenvalue weighted by atomic mass is 9.86. The van der Waals surface area contributed by atoms with Gasteiger partial charge in [0.2, 0.25) is 0 Å². The molecular weight excluding hydrogens is 156 g/mol. The van der Waals surface area contributed by atoms with E-state index in [1.165, 1.54) is 6.08 Å². The highest BCUT2D eigenvalue weighted by atomic mass is 16.5. The lowest BCUT2D eigenvalue weighted by Crippen LogP contribution is -2.40. The average Bonchev–Trinajstić information content (AvgIpc) is 2.24. The predicted octanol–water partition coefficient (Wildman–Crippen LogP) is 0.424. The first-order valence-corrected chi connectivity index (χ1v) is 4.20. The van der Waals surface area contributed by atoms with Crippen LogP contribution in [-0.2, 0) is 9.53 Å². The van der Waals surface area contributed by atoms with Crippen molar-refractivity contribution in [2.24, 2.45) is 0 Å². The maximum atomic E-state index is 11.0. The molecule has 0 amide bonds. The molecule has 0 spiro atoms. The van der Waals surface area contributed by atoms with Gasteiger partial charge in [-0.05, 0) is 19.1 Å². The van der Waals surface area contributed by atoms with Crippen molar-refractivity contribution in [3.63, 3.8) is 0 Å². The lowest BCUT2D eigenvalue weighted by molar-refractivity contribution is -0.121. The molecule has 0 saturated carbocycles. The fraction of sp³-hybridized carbons (Fsp3) is 0.667. The molecule has 0 aromatic rings. The molecule has 3 heteroatoms. The minimum atomic E-state index is -0.882. The lowest BCUT2D eigenvalue weighted by Gasteiger charge is -2.27. The minimum Gasteiger partial charge on any atom is -0.383 e. The Kier molecular flexibility index (Phi) is 1.59. The first kappa shape index (κ1) is 7.95. The fourth-order valence-electron chi connectivity index (χ4n) is 1.93. The molecule has 12 heavy (non-hydrogen) atoms. The first-order valence-electron chi connectivity index (χ1n) is 4.20. The summed E-state index contributed by atoms with van der Waals surface area (Å²) in [6.07, 6.45) is 3.68. The average molecular weight is 168 g/mol. The highest BCUT2D eigenvalue weighted by Gasteiger charge is 2.46. The molecule has 1 heterocycles. The van der Waals surface area contributed by atoms with Crippen molar-refractivity contribution in [2.45, 2.75) is 37.6 Å². The number of rotatable bonds is 0. The summed E-state index contributed by atoms with van der Waals surface area (Å²) in [6.45, 7) is 1.91. The highest BCUT2D eigenvalue weighted by molar-refractivity contribution is 5.91. The largest absolute Gasteiger partial charge is 0.383 e. The van der Waals surface area contributed by atoms with Gasteiger partial charge in [-0.1, -0.05) is 0 Å². The molecule has 1 aliphatic carbocycles. The van der Waals surface area contributed by atoms with Crippen molar-refractivity contribution in [3.05, 3.63) is 12.2 Å². The van der Waals surface area contributed by atoms with E-state index in [-0.39, 0.29) is 18.0 Å². The Morgan fingerprint density at radius 1 is 1.75 bits per heavy atom. The third kappa shape index (κ3) is 1.09. The van der Waals surface area contributed by atoms with Gasteiger partial charge in [0.15, 0.2) is 5.78 Å². The van der Waals surface area contributed by atoms with Gasteiger partial charge in [-0.15, -0.1) is 0 Å². The SMILES string of the molecule is C[C@@H]1C[C@@]2(O)C=CC(=O)C[C@H]2O1. The fourth-order valence-corrected chi connectivity index (χ4v) is 1.93. The Labute approximate surface area is 71.0 Å². The molecule has 66 valence electrons. The van der Waals surface area contributed by atoms with Gasteiger partial charge in [-0.2, -0.15) is 0 Å². The Morgan fingerprint density at radius 2 is 2.50 bits per heavy atom. The molecule has 0 unspecified atom stereocenters. The van der Waals surface area contributed by atoms with Crippen molar-refractivity contribution in [2.75, 3.05) is 0 Å². The summed E-state index contributed by atoms with van der Waals surface area (Å²) in [7, 11) is 0. The van der Waals surface area contributed by atoms with Gasteiger partial charge in [0.05, 0.1) is 12.2 Å². The molecule has 3 nitrogen and oxygen atoms in total. The van der Waals surface area contributed by atoms with Crippen molar-refractivity contribution in [3.8, 4) is 0 Å². The Balaban J connectivity index is 2.26. The van der Waals surface area contributed by atoms with E-state index in [9.17, 15) is 9.90 Å². The van der Waals surface area contributed by atoms with Crippen LogP contribution in [0.5, 0.6) is 0 Å². The highest BCUT2D eigenvalue weighted by Crippen LogP contribution is 2.36. The van der Waals surface area contributed by atoms with Gasteiger partial charge in [0.25, 0.3) is 0 Å². The van der Waals surface area contributed by atoms with E-state index in [0.717, 1.165) is 0 Å². The monoisotopic (exact) mass is 168 g/mol. The van der Waals surface area contributed by atoms with Crippen LogP contribution in [0.3, 0.4) is 0 Å². The number of carbonyl (C=O) groups is 1. The Morgan fingerprint density at radius 3 is 3.25 bits per heavy atom. The van der Waals surface area contributed by atoms with Crippen LogP contribution in [-0.4, -0.2) is 28.7 Å². The number of hydrogen-bond acceptors (Lipinski definition) is 3. The smallest absolute Gasteiger partial charge is 0.158 e.